The van der Waals surface area contributed by atoms with Crippen molar-refractivity contribution in [3.63, 3.8) is 0 Å². The van der Waals surface area contributed by atoms with Crippen molar-refractivity contribution in [3.05, 3.63) is 70.1 Å². The first-order chi connectivity index (χ1) is 13.5. The second kappa shape index (κ2) is 9.50. The maximum absolute atomic E-state index is 11.9. The number of nitrogens with zero attached hydrogens (tertiary/aromatic N) is 2. The number of rotatable bonds is 7. The molecule has 9 heteroatoms. The van der Waals surface area contributed by atoms with Gasteiger partial charge in [-0.2, -0.15) is 5.10 Å². The largest absolute Gasteiger partial charge is 0.478 e. The van der Waals surface area contributed by atoms with E-state index in [2.05, 4.69) is 15.5 Å². The van der Waals surface area contributed by atoms with Crippen LogP contribution in [0, 0.1) is 0 Å². The highest BCUT2D eigenvalue weighted by Crippen LogP contribution is 2.28. The molecule has 2 aromatic carbocycles. The van der Waals surface area contributed by atoms with Crippen molar-refractivity contribution in [1.82, 2.24) is 10.4 Å². The zero-order chi connectivity index (χ0) is 19.9. The van der Waals surface area contributed by atoms with E-state index in [-0.39, 0.29) is 17.2 Å². The third kappa shape index (κ3) is 5.41. The van der Waals surface area contributed by atoms with E-state index in [0.29, 0.717) is 10.6 Å². The molecule has 0 saturated heterocycles. The number of amides is 1. The van der Waals surface area contributed by atoms with Crippen LogP contribution in [0.5, 0.6) is 0 Å². The lowest BCUT2D eigenvalue weighted by molar-refractivity contribution is -0.118. The molecule has 1 heterocycles. The number of hydrazone groups is 1. The number of carbonyl (C=O) groups is 2. The quantitative estimate of drug-likeness (QED) is 0.328. The third-order valence-electron chi connectivity index (χ3n) is 3.53. The Morgan fingerprint density at radius 3 is 2.71 bits per heavy atom. The Morgan fingerprint density at radius 1 is 1.21 bits per heavy atom. The van der Waals surface area contributed by atoms with Crippen LogP contribution in [0.15, 0.2) is 63.4 Å². The molecule has 6 nitrogen and oxygen atoms in total. The van der Waals surface area contributed by atoms with E-state index in [9.17, 15) is 9.59 Å². The van der Waals surface area contributed by atoms with Crippen LogP contribution in [-0.4, -0.2) is 33.9 Å². The van der Waals surface area contributed by atoms with Crippen molar-refractivity contribution < 1.29 is 14.7 Å². The zero-order valence-electron chi connectivity index (χ0n) is 14.3. The highest BCUT2D eigenvalue weighted by Gasteiger charge is 2.09. The molecule has 1 aromatic heterocycles. The van der Waals surface area contributed by atoms with Gasteiger partial charge < -0.3 is 5.11 Å². The number of thiazole rings is 1. The number of carbonyl (C=O) groups excluding carboxylic acids is 1. The van der Waals surface area contributed by atoms with Crippen LogP contribution >= 0.6 is 34.7 Å². The Morgan fingerprint density at radius 2 is 1.96 bits per heavy atom. The molecule has 0 aliphatic rings. The number of thioether (sulfide) groups is 1. The van der Waals surface area contributed by atoms with Crippen molar-refractivity contribution in [1.29, 1.82) is 0 Å². The molecule has 3 rings (SSSR count). The van der Waals surface area contributed by atoms with Gasteiger partial charge >= 0.3 is 5.97 Å². The summed E-state index contributed by atoms with van der Waals surface area (Å²) >= 11 is 8.64. The minimum atomic E-state index is -1.05. The third-order valence-corrected chi connectivity index (χ3v) is 5.81. The maximum atomic E-state index is 11.9. The van der Waals surface area contributed by atoms with Gasteiger partial charge in [0.05, 0.1) is 23.2 Å². The van der Waals surface area contributed by atoms with Gasteiger partial charge in [-0.1, -0.05) is 53.7 Å². The van der Waals surface area contributed by atoms with Crippen LogP contribution in [0.25, 0.3) is 11.3 Å². The van der Waals surface area contributed by atoms with Gasteiger partial charge in [-0.15, -0.1) is 11.3 Å². The molecule has 2 N–H and O–H groups in total. The fourth-order valence-electron chi connectivity index (χ4n) is 2.21. The fraction of sp³-hybridized carbons (Fsp3) is 0.0526. The molecule has 0 atom stereocenters. The van der Waals surface area contributed by atoms with Gasteiger partial charge in [0.25, 0.3) is 5.91 Å². The highest BCUT2D eigenvalue weighted by molar-refractivity contribution is 8.01. The van der Waals surface area contributed by atoms with Gasteiger partial charge in [-0.3, -0.25) is 4.79 Å². The summed E-state index contributed by atoms with van der Waals surface area (Å²) in [6.45, 7) is 0. The summed E-state index contributed by atoms with van der Waals surface area (Å²) in [7, 11) is 0. The van der Waals surface area contributed by atoms with Crippen molar-refractivity contribution >= 4 is 52.8 Å². The van der Waals surface area contributed by atoms with Crippen LogP contribution in [0.2, 0.25) is 5.02 Å². The van der Waals surface area contributed by atoms with Gasteiger partial charge in [0, 0.05) is 21.5 Å². The topological polar surface area (TPSA) is 91.7 Å². The minimum Gasteiger partial charge on any atom is -0.478 e. The molecule has 0 aliphatic carbocycles. The Kier molecular flexibility index (Phi) is 6.80. The molecule has 142 valence electrons. The average molecular weight is 432 g/mol. The van der Waals surface area contributed by atoms with Crippen molar-refractivity contribution in [2.24, 2.45) is 5.10 Å². The predicted molar refractivity (Wildman–Crippen MR) is 112 cm³/mol. The molecule has 28 heavy (non-hydrogen) atoms. The lowest BCUT2D eigenvalue weighted by Crippen LogP contribution is -2.19. The van der Waals surface area contributed by atoms with Gasteiger partial charge in [0.1, 0.15) is 0 Å². The SMILES string of the molecule is O=C(CSc1nc(-c2ccc(Cl)cc2)cs1)N/N=C/c1ccccc1C(=O)O. The number of hydrogen-bond acceptors (Lipinski definition) is 6. The molecule has 0 aliphatic heterocycles. The molecular weight excluding hydrogens is 418 g/mol. The summed E-state index contributed by atoms with van der Waals surface area (Å²) in [6.07, 6.45) is 1.31. The number of benzene rings is 2. The van der Waals surface area contributed by atoms with E-state index < -0.39 is 5.97 Å². The number of aromatic nitrogens is 1. The van der Waals surface area contributed by atoms with Gasteiger partial charge in [-0.25, -0.2) is 15.2 Å². The molecule has 3 aromatic rings. The first-order valence-electron chi connectivity index (χ1n) is 8.01. The van der Waals surface area contributed by atoms with Crippen LogP contribution in [-0.2, 0) is 4.79 Å². The van der Waals surface area contributed by atoms with Crippen molar-refractivity contribution in [2.45, 2.75) is 4.34 Å². The summed E-state index contributed by atoms with van der Waals surface area (Å²) in [5.41, 5.74) is 4.71. The Labute approximate surface area is 174 Å². The van der Waals surface area contributed by atoms with Crippen LogP contribution in [0.4, 0.5) is 0 Å². The van der Waals surface area contributed by atoms with Crippen LogP contribution in [0.3, 0.4) is 0 Å². The zero-order valence-corrected chi connectivity index (χ0v) is 16.7. The summed E-state index contributed by atoms with van der Waals surface area (Å²) in [6, 6.07) is 13.8. The summed E-state index contributed by atoms with van der Waals surface area (Å²) in [4.78, 5) is 27.6. The lowest BCUT2D eigenvalue weighted by Gasteiger charge is -2.00. The molecule has 0 radical (unpaired) electrons. The second-order valence-corrected chi connectivity index (χ2v) is 8.00. The van der Waals surface area contributed by atoms with E-state index in [4.69, 9.17) is 16.7 Å². The van der Waals surface area contributed by atoms with Crippen LogP contribution in [0.1, 0.15) is 15.9 Å². The Balaban J connectivity index is 1.52. The van der Waals surface area contributed by atoms with Gasteiger partial charge in [0.2, 0.25) is 0 Å². The molecule has 1 amide bonds. The summed E-state index contributed by atoms with van der Waals surface area (Å²) < 4.78 is 0.764. The van der Waals surface area contributed by atoms with E-state index in [1.54, 1.807) is 30.3 Å². The molecular formula is C19H14ClN3O3S2. The van der Waals surface area contributed by atoms with E-state index in [1.807, 2.05) is 17.5 Å². The summed E-state index contributed by atoms with van der Waals surface area (Å²) in [5.74, 6) is -1.22. The standard InChI is InChI=1S/C19H14ClN3O3S2/c20-14-7-5-12(6-8-14)16-10-27-19(22-16)28-11-17(24)23-21-9-13-3-1-2-4-15(13)18(25)26/h1-10H,11H2,(H,23,24)(H,25,26)/b21-9+. The molecule has 0 saturated carbocycles. The maximum Gasteiger partial charge on any atom is 0.336 e. The van der Waals surface area contributed by atoms with Gasteiger partial charge in [-0.05, 0) is 18.2 Å². The number of carboxylic acids is 1. The Bertz CT molecular complexity index is 1020. The number of hydrogen-bond donors (Lipinski definition) is 2. The average Bonchev–Trinajstić information content (AvgIpc) is 3.16. The molecule has 0 spiro atoms. The first-order valence-corrected chi connectivity index (χ1v) is 10.3. The van der Waals surface area contributed by atoms with E-state index >= 15 is 0 Å². The highest BCUT2D eigenvalue weighted by atomic mass is 35.5. The van der Waals surface area contributed by atoms with E-state index in [0.717, 1.165) is 15.6 Å². The van der Waals surface area contributed by atoms with Crippen LogP contribution < -0.4 is 5.43 Å². The van der Waals surface area contributed by atoms with E-state index in [1.165, 1.54) is 35.4 Å². The smallest absolute Gasteiger partial charge is 0.336 e. The van der Waals surface area contributed by atoms with Gasteiger partial charge in [0.15, 0.2) is 4.34 Å². The minimum absolute atomic E-state index is 0.118. The Hall–Kier alpha value is -2.68. The number of carboxylic acid groups (broad SMARTS) is 1. The normalized spacial score (nSPS) is 10.9. The van der Waals surface area contributed by atoms with Crippen molar-refractivity contribution in [3.8, 4) is 11.3 Å². The molecule has 0 bridgehead atoms. The fourth-order valence-corrected chi connectivity index (χ4v) is 3.97. The number of aromatic carboxylic acids is 1. The molecule has 0 fully saturated rings. The monoisotopic (exact) mass is 431 g/mol. The summed E-state index contributed by atoms with van der Waals surface area (Å²) in [5, 5.41) is 15.5. The van der Waals surface area contributed by atoms with Crippen molar-refractivity contribution in [2.75, 3.05) is 5.75 Å². The second-order valence-electron chi connectivity index (χ2n) is 5.48. The first kappa shape index (κ1) is 20.1. The molecule has 0 unspecified atom stereocenters. The number of nitrogens with one attached hydrogen (secondary N) is 1. The predicted octanol–water partition coefficient (Wildman–Crippen LogP) is 4.40. The lowest BCUT2D eigenvalue weighted by atomic mass is 10.1. The number of halogens is 1.